The third-order valence-electron chi connectivity index (χ3n) is 5.03. The number of piperazine rings is 1. The van der Waals surface area contributed by atoms with E-state index in [2.05, 4.69) is 4.90 Å². The van der Waals surface area contributed by atoms with Gasteiger partial charge in [0.05, 0.1) is 13.7 Å². The second kappa shape index (κ2) is 11.2. The van der Waals surface area contributed by atoms with Crippen LogP contribution in [0.3, 0.4) is 0 Å². The van der Waals surface area contributed by atoms with Gasteiger partial charge in [0.2, 0.25) is 0 Å². The minimum atomic E-state index is -0.420. The van der Waals surface area contributed by atoms with Gasteiger partial charge in [-0.05, 0) is 55.0 Å². The Balaban J connectivity index is 1.29. The van der Waals surface area contributed by atoms with Crippen molar-refractivity contribution >= 4 is 17.6 Å². The highest BCUT2D eigenvalue weighted by Gasteiger charge is 2.22. The molecular weight excluding hydrogens is 403 g/mol. The van der Waals surface area contributed by atoms with Crippen molar-refractivity contribution in [3.8, 4) is 11.5 Å². The van der Waals surface area contributed by atoms with Crippen molar-refractivity contribution in [2.24, 2.45) is 0 Å². The second-order valence-electron chi connectivity index (χ2n) is 7.13. The van der Waals surface area contributed by atoms with Gasteiger partial charge in [-0.3, -0.25) is 9.59 Å². The molecule has 166 valence electrons. The largest absolute Gasteiger partial charge is 0.497 e. The zero-order chi connectivity index (χ0) is 22.1. The van der Waals surface area contributed by atoms with E-state index in [9.17, 15) is 14.0 Å². The first kappa shape index (κ1) is 22.4. The second-order valence-corrected chi connectivity index (χ2v) is 7.13. The number of ether oxygens (including phenoxy) is 3. The SMILES string of the molecule is COc1ccc(OCCCC(=O)OCC(=O)N2CCN(c3ccc(F)cc3)CC2)cc1. The third-order valence-corrected chi connectivity index (χ3v) is 5.03. The quantitative estimate of drug-likeness (QED) is 0.450. The summed E-state index contributed by atoms with van der Waals surface area (Å²) in [5.41, 5.74) is 0.928. The predicted octanol–water partition coefficient (Wildman–Crippen LogP) is 2.89. The summed E-state index contributed by atoms with van der Waals surface area (Å²) in [6.07, 6.45) is 0.678. The highest BCUT2D eigenvalue weighted by atomic mass is 19.1. The Morgan fingerprint density at radius 3 is 2.23 bits per heavy atom. The molecule has 3 rings (SSSR count). The van der Waals surface area contributed by atoms with Gasteiger partial charge < -0.3 is 24.0 Å². The average Bonchev–Trinajstić information content (AvgIpc) is 2.81. The zero-order valence-electron chi connectivity index (χ0n) is 17.6. The molecule has 0 bridgehead atoms. The number of amides is 1. The number of esters is 1. The van der Waals surface area contributed by atoms with Crippen LogP contribution in [0.15, 0.2) is 48.5 Å². The molecule has 2 aromatic carbocycles. The number of methoxy groups -OCH3 is 1. The molecule has 0 unspecified atom stereocenters. The van der Waals surface area contributed by atoms with Gasteiger partial charge in [0.25, 0.3) is 5.91 Å². The van der Waals surface area contributed by atoms with E-state index >= 15 is 0 Å². The van der Waals surface area contributed by atoms with Crippen LogP contribution in [-0.2, 0) is 14.3 Å². The number of anilines is 1. The van der Waals surface area contributed by atoms with Gasteiger partial charge in [0.1, 0.15) is 17.3 Å². The van der Waals surface area contributed by atoms with E-state index in [1.54, 1.807) is 48.4 Å². The van der Waals surface area contributed by atoms with Crippen molar-refractivity contribution in [2.75, 3.05) is 51.4 Å². The molecule has 2 aromatic rings. The minimum Gasteiger partial charge on any atom is -0.497 e. The standard InChI is InChI=1S/C23H27FN2O5/c1-29-20-8-10-21(11-9-20)30-16-2-3-23(28)31-17-22(27)26-14-12-25(13-15-26)19-6-4-18(24)5-7-19/h4-11H,2-3,12-17H2,1H3. The number of nitrogens with zero attached hydrogens (tertiary/aromatic N) is 2. The fourth-order valence-corrected chi connectivity index (χ4v) is 3.25. The van der Waals surface area contributed by atoms with Crippen molar-refractivity contribution in [2.45, 2.75) is 12.8 Å². The molecule has 1 amide bonds. The van der Waals surface area contributed by atoms with E-state index in [1.807, 2.05) is 0 Å². The first-order valence-corrected chi connectivity index (χ1v) is 10.3. The lowest BCUT2D eigenvalue weighted by Gasteiger charge is -2.36. The zero-order valence-corrected chi connectivity index (χ0v) is 17.6. The molecule has 0 saturated carbocycles. The molecule has 8 heteroatoms. The Morgan fingerprint density at radius 1 is 0.935 bits per heavy atom. The van der Waals surface area contributed by atoms with Crippen LogP contribution < -0.4 is 14.4 Å². The summed E-state index contributed by atoms with van der Waals surface area (Å²) in [7, 11) is 1.60. The summed E-state index contributed by atoms with van der Waals surface area (Å²) in [5.74, 6) is 0.548. The Morgan fingerprint density at radius 2 is 1.58 bits per heavy atom. The van der Waals surface area contributed by atoms with E-state index in [0.717, 1.165) is 11.4 Å². The fraction of sp³-hybridized carbons (Fsp3) is 0.391. The van der Waals surface area contributed by atoms with Crippen LogP contribution in [0, 0.1) is 5.82 Å². The molecule has 0 aromatic heterocycles. The molecule has 1 aliphatic rings. The van der Waals surface area contributed by atoms with Gasteiger partial charge in [-0.1, -0.05) is 0 Å². The van der Waals surface area contributed by atoms with E-state index < -0.39 is 5.97 Å². The van der Waals surface area contributed by atoms with Gasteiger partial charge in [-0.2, -0.15) is 0 Å². The maximum absolute atomic E-state index is 13.0. The molecule has 0 atom stereocenters. The molecule has 0 spiro atoms. The number of hydrogen-bond donors (Lipinski definition) is 0. The lowest BCUT2D eigenvalue weighted by atomic mass is 10.2. The number of carbonyl (C=O) groups is 2. The van der Waals surface area contributed by atoms with Crippen LogP contribution >= 0.6 is 0 Å². The molecule has 1 fully saturated rings. The van der Waals surface area contributed by atoms with Crippen LogP contribution in [0.2, 0.25) is 0 Å². The number of carbonyl (C=O) groups excluding carboxylic acids is 2. The van der Waals surface area contributed by atoms with Crippen LogP contribution in [0.25, 0.3) is 0 Å². The van der Waals surface area contributed by atoms with Crippen LogP contribution in [0.5, 0.6) is 11.5 Å². The molecule has 31 heavy (non-hydrogen) atoms. The van der Waals surface area contributed by atoms with Crippen molar-refractivity contribution in [1.29, 1.82) is 0 Å². The lowest BCUT2D eigenvalue weighted by Crippen LogP contribution is -2.49. The van der Waals surface area contributed by atoms with E-state index in [4.69, 9.17) is 14.2 Å². The van der Waals surface area contributed by atoms with Crippen LogP contribution in [-0.4, -0.2) is 63.3 Å². The van der Waals surface area contributed by atoms with Gasteiger partial charge in [0, 0.05) is 38.3 Å². The molecule has 0 radical (unpaired) electrons. The highest BCUT2D eigenvalue weighted by Crippen LogP contribution is 2.18. The fourth-order valence-electron chi connectivity index (χ4n) is 3.25. The molecule has 0 N–H and O–H groups in total. The number of hydrogen-bond acceptors (Lipinski definition) is 6. The summed E-state index contributed by atoms with van der Waals surface area (Å²) in [5, 5.41) is 0. The average molecular weight is 430 g/mol. The van der Waals surface area contributed by atoms with Gasteiger partial charge in [-0.25, -0.2) is 4.39 Å². The first-order chi connectivity index (χ1) is 15.0. The van der Waals surface area contributed by atoms with Crippen molar-refractivity contribution in [1.82, 2.24) is 4.90 Å². The number of benzene rings is 2. The Labute approximate surface area is 181 Å². The predicted molar refractivity (Wildman–Crippen MR) is 114 cm³/mol. The Kier molecular flexibility index (Phi) is 8.09. The topological polar surface area (TPSA) is 68.3 Å². The molecule has 1 aliphatic heterocycles. The van der Waals surface area contributed by atoms with E-state index in [0.29, 0.717) is 45.0 Å². The van der Waals surface area contributed by atoms with Crippen LogP contribution in [0.4, 0.5) is 10.1 Å². The maximum atomic E-state index is 13.0. The summed E-state index contributed by atoms with van der Waals surface area (Å²) in [6, 6.07) is 13.5. The van der Waals surface area contributed by atoms with Crippen molar-refractivity contribution in [3.63, 3.8) is 0 Å². The van der Waals surface area contributed by atoms with Gasteiger partial charge >= 0.3 is 5.97 Å². The van der Waals surface area contributed by atoms with E-state index in [-0.39, 0.29) is 24.8 Å². The molecular formula is C23H27FN2O5. The summed E-state index contributed by atoms with van der Waals surface area (Å²) >= 11 is 0. The Hall–Kier alpha value is -3.29. The molecule has 0 aliphatic carbocycles. The summed E-state index contributed by atoms with van der Waals surface area (Å²) in [6.45, 7) is 2.48. The first-order valence-electron chi connectivity index (χ1n) is 10.3. The van der Waals surface area contributed by atoms with Gasteiger partial charge in [-0.15, -0.1) is 0 Å². The number of rotatable bonds is 9. The van der Waals surface area contributed by atoms with Crippen molar-refractivity contribution in [3.05, 3.63) is 54.3 Å². The lowest BCUT2D eigenvalue weighted by molar-refractivity contribution is -0.152. The molecule has 1 saturated heterocycles. The summed E-state index contributed by atoms with van der Waals surface area (Å²) in [4.78, 5) is 28.0. The third kappa shape index (κ3) is 6.87. The van der Waals surface area contributed by atoms with E-state index in [1.165, 1.54) is 12.1 Å². The normalized spacial score (nSPS) is 13.6. The maximum Gasteiger partial charge on any atom is 0.306 e. The molecule has 1 heterocycles. The van der Waals surface area contributed by atoms with Crippen LogP contribution in [0.1, 0.15) is 12.8 Å². The van der Waals surface area contributed by atoms with Crippen molar-refractivity contribution < 1.29 is 28.2 Å². The highest BCUT2D eigenvalue weighted by molar-refractivity contribution is 5.80. The smallest absolute Gasteiger partial charge is 0.306 e. The van der Waals surface area contributed by atoms with Gasteiger partial charge in [0.15, 0.2) is 6.61 Å². The Bertz CT molecular complexity index is 849. The molecule has 7 nitrogen and oxygen atoms in total. The number of halogens is 1. The minimum absolute atomic E-state index is 0.182. The summed E-state index contributed by atoms with van der Waals surface area (Å²) < 4.78 is 28.8. The monoisotopic (exact) mass is 430 g/mol.